The second kappa shape index (κ2) is 5.16. The van der Waals surface area contributed by atoms with Crippen LogP contribution in [0.2, 0.25) is 0 Å². The molecule has 1 atom stereocenters. The van der Waals surface area contributed by atoms with Crippen molar-refractivity contribution in [2.24, 2.45) is 5.92 Å². The Morgan fingerprint density at radius 3 is 3.00 bits per heavy atom. The summed E-state index contributed by atoms with van der Waals surface area (Å²) < 4.78 is 1.55. The van der Waals surface area contributed by atoms with Crippen molar-refractivity contribution < 1.29 is 14.7 Å². The van der Waals surface area contributed by atoms with E-state index in [1.165, 1.54) is 6.20 Å². The first-order valence-corrected chi connectivity index (χ1v) is 6.89. The Morgan fingerprint density at radius 2 is 2.24 bits per heavy atom. The Balaban J connectivity index is 1.90. The molecule has 110 valence electrons. The second-order valence-electron chi connectivity index (χ2n) is 5.32. The van der Waals surface area contributed by atoms with Gasteiger partial charge in [-0.25, -0.2) is 9.50 Å². The van der Waals surface area contributed by atoms with E-state index in [0.29, 0.717) is 30.6 Å². The van der Waals surface area contributed by atoms with Crippen LogP contribution < -0.4 is 0 Å². The number of fused-ring (bicyclic) bond motifs is 1. The van der Waals surface area contributed by atoms with Crippen molar-refractivity contribution in [2.75, 3.05) is 13.1 Å². The molecule has 0 aliphatic carbocycles. The molecule has 3 rings (SSSR count). The van der Waals surface area contributed by atoms with Crippen LogP contribution >= 0.6 is 0 Å². The SMILES string of the molecule is Cc1ccn2ncc(C(=O)N3CCC[C@H](C(=O)O)C3)c2n1. The minimum absolute atomic E-state index is 0.200. The summed E-state index contributed by atoms with van der Waals surface area (Å²) in [5, 5.41) is 13.2. The van der Waals surface area contributed by atoms with Gasteiger partial charge in [-0.2, -0.15) is 5.10 Å². The lowest BCUT2D eigenvalue weighted by Gasteiger charge is -2.30. The molecule has 0 bridgehead atoms. The molecule has 1 saturated heterocycles. The summed E-state index contributed by atoms with van der Waals surface area (Å²) in [6.07, 6.45) is 4.57. The molecule has 0 saturated carbocycles. The molecule has 0 radical (unpaired) electrons. The van der Waals surface area contributed by atoms with Gasteiger partial charge in [-0.15, -0.1) is 0 Å². The van der Waals surface area contributed by atoms with Crippen molar-refractivity contribution in [1.29, 1.82) is 0 Å². The highest BCUT2D eigenvalue weighted by atomic mass is 16.4. The number of carbonyl (C=O) groups is 2. The zero-order chi connectivity index (χ0) is 15.0. The van der Waals surface area contributed by atoms with Crippen LogP contribution in [0.1, 0.15) is 28.9 Å². The Bertz CT molecular complexity index is 709. The smallest absolute Gasteiger partial charge is 0.308 e. The first kappa shape index (κ1) is 13.5. The molecule has 1 N–H and O–H groups in total. The van der Waals surface area contributed by atoms with Gasteiger partial charge in [0.1, 0.15) is 5.56 Å². The van der Waals surface area contributed by atoms with Gasteiger partial charge in [0.05, 0.1) is 12.1 Å². The fourth-order valence-corrected chi connectivity index (χ4v) is 2.64. The van der Waals surface area contributed by atoms with Crippen LogP contribution in [-0.2, 0) is 4.79 Å². The number of nitrogens with zero attached hydrogens (tertiary/aromatic N) is 4. The fourth-order valence-electron chi connectivity index (χ4n) is 2.64. The van der Waals surface area contributed by atoms with E-state index in [-0.39, 0.29) is 12.5 Å². The lowest BCUT2D eigenvalue weighted by Crippen LogP contribution is -2.42. The maximum absolute atomic E-state index is 12.6. The summed E-state index contributed by atoms with van der Waals surface area (Å²) >= 11 is 0. The van der Waals surface area contributed by atoms with Crippen molar-refractivity contribution in [3.63, 3.8) is 0 Å². The minimum atomic E-state index is -0.846. The number of aliphatic carboxylic acids is 1. The predicted molar refractivity (Wildman–Crippen MR) is 74.0 cm³/mol. The van der Waals surface area contributed by atoms with Gasteiger partial charge >= 0.3 is 5.97 Å². The van der Waals surface area contributed by atoms with E-state index in [2.05, 4.69) is 10.1 Å². The van der Waals surface area contributed by atoms with Crippen LogP contribution in [0.5, 0.6) is 0 Å². The van der Waals surface area contributed by atoms with Crippen LogP contribution in [0.4, 0.5) is 0 Å². The molecule has 0 aromatic carbocycles. The highest BCUT2D eigenvalue weighted by Gasteiger charge is 2.30. The Labute approximate surface area is 121 Å². The molecule has 2 aromatic heterocycles. The number of amides is 1. The van der Waals surface area contributed by atoms with Gasteiger partial charge in [0.25, 0.3) is 5.91 Å². The summed E-state index contributed by atoms with van der Waals surface area (Å²) in [5.41, 5.74) is 1.74. The number of piperidine rings is 1. The van der Waals surface area contributed by atoms with E-state index in [9.17, 15) is 9.59 Å². The average Bonchev–Trinajstić information content (AvgIpc) is 2.89. The molecule has 0 spiro atoms. The van der Waals surface area contributed by atoms with Gasteiger partial charge in [0.2, 0.25) is 0 Å². The Kier molecular flexibility index (Phi) is 3.32. The van der Waals surface area contributed by atoms with Crippen LogP contribution in [0.3, 0.4) is 0 Å². The largest absolute Gasteiger partial charge is 0.481 e. The van der Waals surface area contributed by atoms with Gasteiger partial charge in [0, 0.05) is 25.0 Å². The standard InChI is InChI=1S/C14H16N4O3/c1-9-4-6-18-12(16-9)11(7-15-18)13(19)17-5-2-3-10(8-17)14(20)21/h4,6-7,10H,2-3,5,8H2,1H3,(H,20,21)/t10-/m0/s1. The third kappa shape index (κ3) is 2.46. The van der Waals surface area contributed by atoms with E-state index in [1.807, 2.05) is 13.0 Å². The molecule has 21 heavy (non-hydrogen) atoms. The summed E-state index contributed by atoms with van der Waals surface area (Å²) in [6, 6.07) is 1.82. The molecule has 0 unspecified atom stereocenters. The van der Waals surface area contributed by atoms with Crippen LogP contribution in [-0.4, -0.2) is 49.6 Å². The summed E-state index contributed by atoms with van der Waals surface area (Å²) in [6.45, 7) is 2.67. The number of rotatable bonds is 2. The summed E-state index contributed by atoms with van der Waals surface area (Å²) in [4.78, 5) is 29.6. The van der Waals surface area contributed by atoms with Crippen molar-refractivity contribution in [1.82, 2.24) is 19.5 Å². The molecule has 1 aliphatic rings. The van der Waals surface area contributed by atoms with Gasteiger partial charge < -0.3 is 10.0 Å². The molecule has 1 fully saturated rings. The molecular formula is C14H16N4O3. The number of hydrogen-bond donors (Lipinski definition) is 1. The Hall–Kier alpha value is -2.44. The van der Waals surface area contributed by atoms with Gasteiger partial charge in [-0.1, -0.05) is 0 Å². The maximum atomic E-state index is 12.6. The van der Waals surface area contributed by atoms with Gasteiger partial charge in [-0.05, 0) is 25.8 Å². The summed E-state index contributed by atoms with van der Waals surface area (Å²) in [7, 11) is 0. The Morgan fingerprint density at radius 1 is 1.43 bits per heavy atom. The number of carboxylic acid groups (broad SMARTS) is 1. The lowest BCUT2D eigenvalue weighted by atomic mass is 9.98. The van der Waals surface area contributed by atoms with E-state index in [0.717, 1.165) is 5.69 Å². The highest BCUT2D eigenvalue weighted by molar-refractivity contribution is 5.99. The third-order valence-corrected chi connectivity index (χ3v) is 3.80. The highest BCUT2D eigenvalue weighted by Crippen LogP contribution is 2.20. The molecule has 1 aliphatic heterocycles. The first-order chi connectivity index (χ1) is 10.1. The topological polar surface area (TPSA) is 87.8 Å². The lowest BCUT2D eigenvalue weighted by molar-refractivity contribution is -0.143. The monoisotopic (exact) mass is 288 g/mol. The van der Waals surface area contributed by atoms with Crippen LogP contribution in [0.25, 0.3) is 5.65 Å². The quantitative estimate of drug-likeness (QED) is 0.889. The van der Waals surface area contributed by atoms with Crippen molar-refractivity contribution in [2.45, 2.75) is 19.8 Å². The number of aromatic nitrogens is 3. The number of likely N-dealkylation sites (tertiary alicyclic amines) is 1. The van der Waals surface area contributed by atoms with Crippen molar-refractivity contribution in [3.05, 3.63) is 29.7 Å². The average molecular weight is 288 g/mol. The predicted octanol–water partition coefficient (Wildman–Crippen LogP) is 0.975. The number of carbonyl (C=O) groups excluding carboxylic acids is 1. The van der Waals surface area contributed by atoms with Gasteiger partial charge in [-0.3, -0.25) is 9.59 Å². The van der Waals surface area contributed by atoms with E-state index in [4.69, 9.17) is 5.11 Å². The van der Waals surface area contributed by atoms with E-state index < -0.39 is 11.9 Å². The minimum Gasteiger partial charge on any atom is -0.481 e. The fraction of sp³-hybridized carbons (Fsp3) is 0.429. The van der Waals surface area contributed by atoms with Gasteiger partial charge in [0.15, 0.2) is 5.65 Å². The number of carboxylic acids is 1. The molecule has 3 heterocycles. The molecular weight excluding hydrogens is 272 g/mol. The van der Waals surface area contributed by atoms with E-state index in [1.54, 1.807) is 15.6 Å². The zero-order valence-electron chi connectivity index (χ0n) is 11.7. The summed E-state index contributed by atoms with van der Waals surface area (Å²) in [5.74, 6) is -1.53. The second-order valence-corrected chi connectivity index (χ2v) is 5.32. The molecule has 7 nitrogen and oxygen atoms in total. The normalized spacial score (nSPS) is 18.9. The molecule has 1 amide bonds. The van der Waals surface area contributed by atoms with Crippen molar-refractivity contribution in [3.8, 4) is 0 Å². The van der Waals surface area contributed by atoms with Crippen LogP contribution in [0.15, 0.2) is 18.5 Å². The molecule has 2 aromatic rings. The third-order valence-electron chi connectivity index (χ3n) is 3.80. The molecule has 7 heteroatoms. The van der Waals surface area contributed by atoms with E-state index >= 15 is 0 Å². The zero-order valence-corrected chi connectivity index (χ0v) is 11.7. The number of aryl methyl sites for hydroxylation is 1. The first-order valence-electron chi connectivity index (χ1n) is 6.89. The van der Waals surface area contributed by atoms with Crippen molar-refractivity contribution >= 4 is 17.5 Å². The number of hydrogen-bond acceptors (Lipinski definition) is 4. The van der Waals surface area contributed by atoms with Crippen LogP contribution in [0, 0.1) is 12.8 Å². The maximum Gasteiger partial charge on any atom is 0.308 e.